The third kappa shape index (κ3) is 2.06. The lowest BCUT2D eigenvalue weighted by Crippen LogP contribution is -2.27. The Hall–Kier alpha value is -2.11. The van der Waals surface area contributed by atoms with E-state index in [1.807, 2.05) is 0 Å². The third-order valence-electron chi connectivity index (χ3n) is 2.84. The minimum absolute atomic E-state index is 0.00102. The van der Waals surface area contributed by atoms with Crippen molar-refractivity contribution in [2.45, 2.75) is 12.8 Å². The average molecular weight is 236 g/mol. The van der Waals surface area contributed by atoms with Crippen LogP contribution in [0.2, 0.25) is 0 Å². The van der Waals surface area contributed by atoms with Crippen molar-refractivity contribution in [2.75, 3.05) is 13.1 Å². The van der Waals surface area contributed by atoms with Gasteiger partial charge in [0.15, 0.2) is 0 Å². The Morgan fingerprint density at radius 3 is 2.59 bits per heavy atom. The smallest absolute Gasteiger partial charge is 0.311 e. The molecular formula is C11H12N2O4. The first-order chi connectivity index (χ1) is 8.11. The number of para-hydroxylation sites is 1. The Balaban J connectivity index is 2.35. The molecule has 0 unspecified atom stereocenters. The number of amides is 1. The molecule has 0 aliphatic carbocycles. The van der Waals surface area contributed by atoms with Gasteiger partial charge in [0.25, 0.3) is 5.91 Å². The molecule has 6 heteroatoms. The van der Waals surface area contributed by atoms with Gasteiger partial charge >= 0.3 is 5.69 Å². The van der Waals surface area contributed by atoms with Gasteiger partial charge in [-0.25, -0.2) is 0 Å². The molecule has 17 heavy (non-hydrogen) atoms. The van der Waals surface area contributed by atoms with Crippen LogP contribution in [0.1, 0.15) is 23.2 Å². The SMILES string of the molecule is O=C(c1cccc([N+](=O)[O-])c1O)N1CCCC1. The molecule has 0 atom stereocenters. The topological polar surface area (TPSA) is 83.7 Å². The van der Waals surface area contributed by atoms with Crippen LogP contribution < -0.4 is 0 Å². The normalized spacial score (nSPS) is 14.9. The molecule has 90 valence electrons. The Morgan fingerprint density at radius 1 is 1.35 bits per heavy atom. The van der Waals surface area contributed by atoms with Gasteiger partial charge in [0, 0.05) is 19.2 Å². The van der Waals surface area contributed by atoms with Crippen LogP contribution in [0.25, 0.3) is 0 Å². The Labute approximate surface area is 97.6 Å². The van der Waals surface area contributed by atoms with Gasteiger partial charge < -0.3 is 10.0 Å². The number of phenols is 1. The summed E-state index contributed by atoms with van der Waals surface area (Å²) < 4.78 is 0. The maximum atomic E-state index is 12.0. The zero-order chi connectivity index (χ0) is 12.4. The van der Waals surface area contributed by atoms with Crippen molar-refractivity contribution in [1.82, 2.24) is 4.90 Å². The number of nitro benzene ring substituents is 1. The molecule has 1 aromatic rings. The largest absolute Gasteiger partial charge is 0.502 e. The first-order valence-corrected chi connectivity index (χ1v) is 5.37. The second-order valence-electron chi connectivity index (χ2n) is 3.93. The van der Waals surface area contributed by atoms with Gasteiger partial charge in [0.1, 0.15) is 0 Å². The number of nitro groups is 1. The van der Waals surface area contributed by atoms with Gasteiger partial charge in [0.05, 0.1) is 10.5 Å². The third-order valence-corrected chi connectivity index (χ3v) is 2.84. The fourth-order valence-corrected chi connectivity index (χ4v) is 1.94. The molecule has 0 saturated carbocycles. The van der Waals surface area contributed by atoms with Crippen LogP contribution in [0, 0.1) is 10.1 Å². The van der Waals surface area contributed by atoms with Gasteiger partial charge in [-0.1, -0.05) is 6.07 Å². The molecule has 0 aromatic heterocycles. The van der Waals surface area contributed by atoms with E-state index in [-0.39, 0.29) is 11.5 Å². The van der Waals surface area contributed by atoms with Crippen LogP contribution >= 0.6 is 0 Å². The minimum Gasteiger partial charge on any atom is -0.502 e. The summed E-state index contributed by atoms with van der Waals surface area (Å²) >= 11 is 0. The summed E-state index contributed by atoms with van der Waals surface area (Å²) in [7, 11) is 0. The molecular weight excluding hydrogens is 224 g/mol. The van der Waals surface area contributed by atoms with Crippen molar-refractivity contribution >= 4 is 11.6 Å². The molecule has 1 fully saturated rings. The minimum atomic E-state index is -0.698. The fraction of sp³-hybridized carbons (Fsp3) is 0.364. The van der Waals surface area contributed by atoms with E-state index < -0.39 is 16.4 Å². The molecule has 1 N–H and O–H groups in total. The summed E-state index contributed by atoms with van der Waals surface area (Å²) in [6, 6.07) is 3.99. The molecule has 1 aliphatic heterocycles. The van der Waals surface area contributed by atoms with E-state index in [0.29, 0.717) is 13.1 Å². The van der Waals surface area contributed by atoms with Crippen molar-refractivity contribution in [3.63, 3.8) is 0 Å². The van der Waals surface area contributed by atoms with E-state index in [1.54, 1.807) is 4.90 Å². The van der Waals surface area contributed by atoms with Crippen LogP contribution in [0.3, 0.4) is 0 Å². The quantitative estimate of drug-likeness (QED) is 0.623. The van der Waals surface area contributed by atoms with E-state index in [4.69, 9.17) is 0 Å². The lowest BCUT2D eigenvalue weighted by molar-refractivity contribution is -0.385. The fourth-order valence-electron chi connectivity index (χ4n) is 1.94. The molecule has 1 aromatic carbocycles. The van der Waals surface area contributed by atoms with Gasteiger partial charge in [0.2, 0.25) is 5.75 Å². The predicted octanol–water partition coefficient (Wildman–Crippen LogP) is 1.54. The molecule has 0 radical (unpaired) electrons. The zero-order valence-electron chi connectivity index (χ0n) is 9.13. The molecule has 1 heterocycles. The van der Waals surface area contributed by atoms with Crippen LogP contribution in [0.5, 0.6) is 5.75 Å². The second-order valence-corrected chi connectivity index (χ2v) is 3.93. The second kappa shape index (κ2) is 4.40. The zero-order valence-corrected chi connectivity index (χ0v) is 9.13. The molecule has 0 bridgehead atoms. The molecule has 1 saturated heterocycles. The molecule has 1 aliphatic rings. The van der Waals surface area contributed by atoms with Gasteiger partial charge in [-0.15, -0.1) is 0 Å². The summed E-state index contributed by atoms with van der Waals surface area (Å²) in [5.74, 6) is -0.891. The summed E-state index contributed by atoms with van der Waals surface area (Å²) in [5, 5.41) is 20.3. The highest BCUT2D eigenvalue weighted by atomic mass is 16.6. The van der Waals surface area contributed by atoms with E-state index in [2.05, 4.69) is 0 Å². The van der Waals surface area contributed by atoms with Crippen molar-refractivity contribution in [1.29, 1.82) is 0 Å². The van der Waals surface area contributed by atoms with E-state index in [9.17, 15) is 20.0 Å². The van der Waals surface area contributed by atoms with Crippen molar-refractivity contribution in [2.24, 2.45) is 0 Å². The van der Waals surface area contributed by atoms with Crippen molar-refractivity contribution in [3.8, 4) is 5.75 Å². The lowest BCUT2D eigenvalue weighted by atomic mass is 10.1. The van der Waals surface area contributed by atoms with Gasteiger partial charge in [-0.3, -0.25) is 14.9 Å². The molecule has 0 spiro atoms. The number of hydrogen-bond acceptors (Lipinski definition) is 4. The lowest BCUT2D eigenvalue weighted by Gasteiger charge is -2.15. The van der Waals surface area contributed by atoms with Crippen LogP contribution in [-0.4, -0.2) is 33.9 Å². The van der Waals surface area contributed by atoms with Crippen LogP contribution in [0.4, 0.5) is 5.69 Å². The number of rotatable bonds is 2. The predicted molar refractivity (Wildman–Crippen MR) is 59.9 cm³/mol. The Morgan fingerprint density at radius 2 is 2.00 bits per heavy atom. The number of benzene rings is 1. The van der Waals surface area contributed by atoms with E-state index in [0.717, 1.165) is 12.8 Å². The summed E-state index contributed by atoms with van der Waals surface area (Å²) in [4.78, 5) is 23.5. The van der Waals surface area contributed by atoms with Gasteiger partial charge in [-0.05, 0) is 18.9 Å². The Bertz CT molecular complexity index is 467. The van der Waals surface area contributed by atoms with E-state index in [1.165, 1.54) is 18.2 Å². The monoisotopic (exact) mass is 236 g/mol. The summed E-state index contributed by atoms with van der Waals surface area (Å²) in [5.41, 5.74) is -0.434. The summed E-state index contributed by atoms with van der Waals surface area (Å²) in [6.45, 7) is 1.28. The van der Waals surface area contributed by atoms with Crippen LogP contribution in [0.15, 0.2) is 18.2 Å². The highest BCUT2D eigenvalue weighted by Gasteiger charge is 2.26. The maximum Gasteiger partial charge on any atom is 0.311 e. The van der Waals surface area contributed by atoms with Gasteiger partial charge in [-0.2, -0.15) is 0 Å². The number of carbonyl (C=O) groups is 1. The molecule has 2 rings (SSSR count). The van der Waals surface area contributed by atoms with E-state index >= 15 is 0 Å². The highest BCUT2D eigenvalue weighted by molar-refractivity contribution is 5.98. The molecule has 6 nitrogen and oxygen atoms in total. The summed E-state index contributed by atoms with van der Waals surface area (Å²) in [6.07, 6.45) is 1.86. The number of phenolic OH excluding ortho intramolecular Hbond substituents is 1. The maximum absolute atomic E-state index is 12.0. The Kier molecular flexibility index (Phi) is 2.95. The van der Waals surface area contributed by atoms with Crippen molar-refractivity contribution in [3.05, 3.63) is 33.9 Å². The first-order valence-electron chi connectivity index (χ1n) is 5.37. The standard InChI is InChI=1S/C11H12N2O4/c14-10-8(4-3-5-9(10)13(16)17)11(15)12-6-1-2-7-12/h3-5,14H,1-2,6-7H2. The van der Waals surface area contributed by atoms with Crippen LogP contribution in [-0.2, 0) is 0 Å². The first kappa shape index (κ1) is 11.4. The highest BCUT2D eigenvalue weighted by Crippen LogP contribution is 2.30. The number of likely N-dealkylation sites (tertiary alicyclic amines) is 1. The number of carbonyl (C=O) groups excluding carboxylic acids is 1. The number of aromatic hydroxyl groups is 1. The number of nitrogens with zero attached hydrogens (tertiary/aromatic N) is 2. The molecule has 1 amide bonds. The average Bonchev–Trinajstić information content (AvgIpc) is 2.81. The van der Waals surface area contributed by atoms with Crippen molar-refractivity contribution < 1.29 is 14.8 Å². The number of hydrogen-bond donors (Lipinski definition) is 1.